The Morgan fingerprint density at radius 2 is 1.53 bits per heavy atom. The van der Waals surface area contributed by atoms with Crippen LogP contribution in [0.25, 0.3) is 0 Å². The van der Waals surface area contributed by atoms with Gasteiger partial charge in [-0.25, -0.2) is 14.2 Å². The number of carbonyl (C=O) groups is 1. The Morgan fingerprint density at radius 3 is 2.06 bits per heavy atom. The number of aliphatic hydroxyl groups excluding tert-OH is 6. The third-order valence-corrected chi connectivity index (χ3v) is 8.51. The molecule has 290 valence electrons. The third kappa shape index (κ3) is 13.2. The number of hydrogen-bond acceptors (Lipinski definition) is 22. The molecule has 2 aliphatic rings. The predicted molar refractivity (Wildman–Crippen MR) is 151 cm³/mol. The molecule has 14 atom stereocenters. The lowest BCUT2D eigenvalue weighted by Crippen LogP contribution is -2.68. The Balaban J connectivity index is 2.37. The molecule has 0 bridgehead atoms. The summed E-state index contributed by atoms with van der Waals surface area (Å²) in [5.74, 6) is -1.89. The van der Waals surface area contributed by atoms with Gasteiger partial charge in [0.25, 0.3) is 0 Å². The molecular weight excluding hydrogens is 746 g/mol. The molecule has 25 nitrogen and oxygen atoms in total. The van der Waals surface area contributed by atoms with Gasteiger partial charge >= 0.3 is 26.7 Å². The SMILES string of the molecule is CCC(O)[C@H](O)[C@H](O)C(O)COC[C@@H]1OC(C(=O)O)[C@H](O[C@@H]2OC(COSOOO)[C@@H](OC)[C@@H](O)C2NS(=O)(=O)O)[C@@H](O)C1OS(=O)(=O)O. The summed E-state index contributed by atoms with van der Waals surface area (Å²) in [5.41, 5.74) is 0. The number of carboxylic acid groups (broad SMARTS) is 1. The number of nitrogens with one attached hydrogen (secondary N) is 1. The minimum atomic E-state index is -5.46. The average molecular weight is 786 g/mol. The second kappa shape index (κ2) is 19.7. The monoisotopic (exact) mass is 785 g/mol. The molecule has 2 rings (SSSR count). The number of aliphatic carboxylic acids is 1. The van der Waals surface area contributed by atoms with Crippen molar-refractivity contribution in [2.24, 2.45) is 0 Å². The van der Waals surface area contributed by atoms with E-state index in [-0.39, 0.29) is 18.7 Å². The summed E-state index contributed by atoms with van der Waals surface area (Å²) in [6, 6.07) is -2.04. The molecule has 0 radical (unpaired) electrons. The molecule has 0 aromatic carbocycles. The maximum Gasteiger partial charge on any atom is 0.397 e. The van der Waals surface area contributed by atoms with Crippen LogP contribution in [0.15, 0.2) is 0 Å². The first-order valence-corrected chi connectivity index (χ1v) is 17.3. The fourth-order valence-electron chi connectivity index (χ4n) is 4.81. The maximum atomic E-state index is 12.2. The predicted octanol–water partition coefficient (Wildman–Crippen LogP) is -5.49. The number of hydrogen-bond donors (Lipinski definition) is 11. The lowest BCUT2D eigenvalue weighted by molar-refractivity contribution is -0.434. The molecule has 2 saturated heterocycles. The fourth-order valence-corrected chi connectivity index (χ4v) is 6.18. The van der Waals surface area contributed by atoms with Crippen LogP contribution in [0.4, 0.5) is 0 Å². The molecule has 0 spiro atoms. The van der Waals surface area contributed by atoms with Gasteiger partial charge in [0.15, 0.2) is 24.7 Å². The first kappa shape index (κ1) is 44.1. The van der Waals surface area contributed by atoms with Crippen molar-refractivity contribution in [3.8, 4) is 0 Å². The number of carboxylic acids is 1. The van der Waals surface area contributed by atoms with Crippen LogP contribution in [0.3, 0.4) is 0 Å². The number of methoxy groups -OCH3 is 1. The first-order valence-electron chi connectivity index (χ1n) is 13.8. The van der Waals surface area contributed by atoms with Gasteiger partial charge in [-0.2, -0.15) is 21.6 Å². The quantitative estimate of drug-likeness (QED) is 0.0170. The summed E-state index contributed by atoms with van der Waals surface area (Å²) >= 11 is 0.0505. The van der Waals surface area contributed by atoms with Crippen molar-refractivity contribution in [1.82, 2.24) is 4.72 Å². The number of rotatable bonds is 21. The molecule has 0 aromatic rings. The van der Waals surface area contributed by atoms with Crippen LogP contribution < -0.4 is 4.72 Å². The van der Waals surface area contributed by atoms with Crippen LogP contribution in [0.1, 0.15) is 13.3 Å². The summed E-state index contributed by atoms with van der Waals surface area (Å²) in [6.45, 7) is -0.892. The lowest BCUT2D eigenvalue weighted by atomic mass is 9.93. The standard InChI is InChI=1S/C21H39NO24S3/c1-3-7(23)12(25)13(26)8(24)4-39-5-9-17(44-49(35,36)37)15(28)18(19(41-9)20(29)30)43-21-11(22-48(32,33)34)14(27)16(38-2)10(42-21)6-40-47-46-45-31/h7-19,21-28,31H,3-6H2,1-2H3,(H,29,30)(H,32,33,34)(H,35,36,37)/t7?,8?,9-,10?,11?,12-,13+,14-,15-,16+,17?,18+,19?,21-/m0/s1. The van der Waals surface area contributed by atoms with E-state index >= 15 is 0 Å². The molecule has 0 amide bonds. The molecule has 11 N–H and O–H groups in total. The van der Waals surface area contributed by atoms with E-state index in [1.54, 1.807) is 4.72 Å². The molecule has 0 aliphatic carbocycles. The van der Waals surface area contributed by atoms with Crippen molar-refractivity contribution < 1.29 is 113 Å². The van der Waals surface area contributed by atoms with Crippen LogP contribution >= 0.6 is 12.3 Å². The largest absolute Gasteiger partial charge is 0.479 e. The van der Waals surface area contributed by atoms with Gasteiger partial charge in [-0.3, -0.25) is 13.3 Å². The molecular formula is C21H39NO24S3. The van der Waals surface area contributed by atoms with Gasteiger partial charge in [0.05, 0.1) is 25.9 Å². The van der Waals surface area contributed by atoms with Crippen LogP contribution in [0.5, 0.6) is 0 Å². The van der Waals surface area contributed by atoms with E-state index in [4.69, 9.17) is 33.1 Å². The highest BCUT2D eigenvalue weighted by Gasteiger charge is 2.55. The van der Waals surface area contributed by atoms with Gasteiger partial charge in [0, 0.05) is 7.11 Å². The molecule has 49 heavy (non-hydrogen) atoms. The van der Waals surface area contributed by atoms with E-state index in [1.807, 2.05) is 0 Å². The highest BCUT2D eigenvalue weighted by atomic mass is 32.3. The van der Waals surface area contributed by atoms with E-state index < -0.39 is 132 Å². The number of aliphatic hydroxyl groups is 6. The van der Waals surface area contributed by atoms with Crippen molar-refractivity contribution in [2.75, 3.05) is 26.9 Å². The van der Waals surface area contributed by atoms with Crippen molar-refractivity contribution in [3.63, 3.8) is 0 Å². The molecule has 2 heterocycles. The highest BCUT2D eigenvalue weighted by Crippen LogP contribution is 2.32. The van der Waals surface area contributed by atoms with E-state index in [9.17, 15) is 66.5 Å². The van der Waals surface area contributed by atoms with Crippen molar-refractivity contribution >= 4 is 39.0 Å². The lowest BCUT2D eigenvalue weighted by Gasteiger charge is -2.47. The van der Waals surface area contributed by atoms with Crippen LogP contribution in [-0.4, -0.2) is 185 Å². The average Bonchev–Trinajstić information content (AvgIpc) is 3.01. The Hall–Kier alpha value is -1.04. The van der Waals surface area contributed by atoms with Gasteiger partial charge in [-0.05, 0) is 6.42 Å². The smallest absolute Gasteiger partial charge is 0.397 e. The number of ether oxygens (including phenoxy) is 5. The molecule has 0 saturated carbocycles. The van der Waals surface area contributed by atoms with Gasteiger partial charge in [-0.1, -0.05) is 12.0 Å². The van der Waals surface area contributed by atoms with E-state index in [0.717, 1.165) is 7.11 Å². The third-order valence-electron chi connectivity index (χ3n) is 7.12. The molecule has 2 fully saturated rings. The van der Waals surface area contributed by atoms with E-state index in [1.165, 1.54) is 6.92 Å². The second-order valence-electron chi connectivity index (χ2n) is 10.4. The highest BCUT2D eigenvalue weighted by molar-refractivity contribution is 7.89. The van der Waals surface area contributed by atoms with Crippen molar-refractivity contribution in [1.29, 1.82) is 0 Å². The van der Waals surface area contributed by atoms with Crippen LogP contribution in [0.2, 0.25) is 0 Å². The second-order valence-corrected chi connectivity index (χ2v) is 13.2. The normalized spacial score (nSPS) is 33.9. The minimum Gasteiger partial charge on any atom is -0.479 e. The minimum absolute atomic E-state index is 0.00103. The van der Waals surface area contributed by atoms with E-state index in [2.05, 4.69) is 13.6 Å². The fraction of sp³-hybridized carbons (Fsp3) is 0.952. The summed E-state index contributed by atoms with van der Waals surface area (Å²) in [4.78, 5) is 12.2. The Kier molecular flexibility index (Phi) is 17.7. The molecule has 0 aromatic heterocycles. The Bertz CT molecular complexity index is 1230. The zero-order valence-corrected chi connectivity index (χ0v) is 27.8. The van der Waals surface area contributed by atoms with E-state index in [0.29, 0.717) is 0 Å². The molecule has 6 unspecified atom stereocenters. The molecule has 2 aliphatic heterocycles. The van der Waals surface area contributed by atoms with Gasteiger partial charge in [-0.15, -0.1) is 4.33 Å². The summed E-state index contributed by atoms with van der Waals surface area (Å²) in [5, 5.41) is 83.2. The van der Waals surface area contributed by atoms with Crippen molar-refractivity contribution in [2.45, 2.75) is 98.9 Å². The van der Waals surface area contributed by atoms with Gasteiger partial charge < -0.3 is 59.4 Å². The summed E-state index contributed by atoms with van der Waals surface area (Å²) in [7, 11) is -9.60. The maximum absolute atomic E-state index is 12.2. The van der Waals surface area contributed by atoms with Gasteiger partial charge in [0.1, 0.15) is 67.1 Å². The van der Waals surface area contributed by atoms with Crippen LogP contribution in [-0.2, 0) is 66.9 Å². The summed E-state index contributed by atoms with van der Waals surface area (Å²) < 4.78 is 107. The van der Waals surface area contributed by atoms with Gasteiger partial charge in [0.2, 0.25) is 0 Å². The zero-order valence-electron chi connectivity index (χ0n) is 25.3. The summed E-state index contributed by atoms with van der Waals surface area (Å²) in [6.07, 6.45) is -25.4. The zero-order chi connectivity index (χ0) is 37.3. The first-order chi connectivity index (χ1) is 22.8. The van der Waals surface area contributed by atoms with Crippen molar-refractivity contribution in [3.05, 3.63) is 0 Å². The Labute approximate surface area is 282 Å². The molecule has 28 heteroatoms. The van der Waals surface area contributed by atoms with Crippen LogP contribution in [0, 0.1) is 0 Å². The topological polar surface area (TPSA) is 383 Å². The Morgan fingerprint density at radius 1 is 0.918 bits per heavy atom.